The molecule has 0 radical (unpaired) electrons. The van der Waals surface area contributed by atoms with E-state index >= 15 is 0 Å². The largest absolute Gasteiger partial charge is 0.475 e. The number of hydrogen-bond acceptors (Lipinski definition) is 4. The molecule has 1 aromatic heterocycles. The van der Waals surface area contributed by atoms with E-state index in [1.807, 2.05) is 13.0 Å². The van der Waals surface area contributed by atoms with Crippen LogP contribution in [0.4, 0.5) is 23.7 Å². The minimum absolute atomic E-state index is 0.0625. The Bertz CT molecular complexity index is 969. The predicted octanol–water partition coefficient (Wildman–Crippen LogP) is 5.28. The molecule has 1 fully saturated rings. The molecule has 174 valence electrons. The number of benzene rings is 1. The first-order valence-electron chi connectivity index (χ1n) is 10.2. The second kappa shape index (κ2) is 9.95. The minimum atomic E-state index is -4.23. The SMILES string of the molecule is Cc1ccc(NC(=O)N2CC[C@@H](CC(F)(F)F)C2)cc1-c1cc(Cl)nc(OC[C@@H](C)O)c1. The summed E-state index contributed by atoms with van der Waals surface area (Å²) in [6, 6.07) is 8.23. The van der Waals surface area contributed by atoms with E-state index in [4.69, 9.17) is 16.3 Å². The van der Waals surface area contributed by atoms with E-state index in [2.05, 4.69) is 10.3 Å². The van der Waals surface area contributed by atoms with Crippen LogP contribution in [0.25, 0.3) is 11.1 Å². The van der Waals surface area contributed by atoms with Gasteiger partial charge in [0.2, 0.25) is 5.88 Å². The molecule has 0 aliphatic carbocycles. The Morgan fingerprint density at radius 2 is 2.12 bits per heavy atom. The van der Waals surface area contributed by atoms with Gasteiger partial charge in [-0.1, -0.05) is 17.7 Å². The van der Waals surface area contributed by atoms with Gasteiger partial charge in [-0.05, 0) is 61.1 Å². The first-order valence-corrected chi connectivity index (χ1v) is 10.6. The van der Waals surface area contributed by atoms with E-state index in [1.165, 1.54) is 4.90 Å². The Kier molecular flexibility index (Phi) is 7.51. The Balaban J connectivity index is 1.73. The second-order valence-electron chi connectivity index (χ2n) is 8.06. The van der Waals surface area contributed by atoms with Crippen LogP contribution in [0.5, 0.6) is 5.88 Å². The van der Waals surface area contributed by atoms with Crippen molar-refractivity contribution in [3.63, 3.8) is 0 Å². The number of carbonyl (C=O) groups is 1. The van der Waals surface area contributed by atoms with Gasteiger partial charge in [0.15, 0.2) is 0 Å². The van der Waals surface area contributed by atoms with E-state index in [9.17, 15) is 23.1 Å². The van der Waals surface area contributed by atoms with Crippen molar-refractivity contribution in [3.05, 3.63) is 41.0 Å². The van der Waals surface area contributed by atoms with Gasteiger partial charge in [-0.2, -0.15) is 13.2 Å². The predicted molar refractivity (Wildman–Crippen MR) is 116 cm³/mol. The van der Waals surface area contributed by atoms with Crippen LogP contribution in [-0.4, -0.2) is 53.0 Å². The molecule has 0 spiro atoms. The zero-order chi connectivity index (χ0) is 23.5. The van der Waals surface area contributed by atoms with Crippen LogP contribution in [0.1, 0.15) is 25.3 Å². The number of amides is 2. The molecular formula is C22H25ClF3N3O3. The number of aryl methyl sites for hydroxylation is 1. The molecule has 3 rings (SSSR count). The number of alkyl halides is 3. The van der Waals surface area contributed by atoms with E-state index in [0.29, 0.717) is 17.7 Å². The summed E-state index contributed by atoms with van der Waals surface area (Å²) in [4.78, 5) is 18.1. The van der Waals surface area contributed by atoms with Gasteiger partial charge in [-0.25, -0.2) is 9.78 Å². The third kappa shape index (κ3) is 6.74. The zero-order valence-electron chi connectivity index (χ0n) is 17.7. The van der Waals surface area contributed by atoms with Crippen LogP contribution in [0, 0.1) is 12.8 Å². The lowest BCUT2D eigenvalue weighted by molar-refractivity contribution is -0.143. The lowest BCUT2D eigenvalue weighted by atomic mass is 10.0. The average Bonchev–Trinajstić information content (AvgIpc) is 3.14. The van der Waals surface area contributed by atoms with Crippen LogP contribution in [0.3, 0.4) is 0 Å². The fourth-order valence-electron chi connectivity index (χ4n) is 3.63. The Hall–Kier alpha value is -2.52. The van der Waals surface area contributed by atoms with Gasteiger partial charge < -0.3 is 20.1 Å². The number of likely N-dealkylation sites (tertiary alicyclic amines) is 1. The number of pyridine rings is 1. The Morgan fingerprint density at radius 3 is 2.81 bits per heavy atom. The van der Waals surface area contributed by atoms with Crippen LogP contribution in [-0.2, 0) is 0 Å². The topological polar surface area (TPSA) is 74.7 Å². The normalized spacial score (nSPS) is 17.3. The molecule has 0 saturated carbocycles. The summed E-state index contributed by atoms with van der Waals surface area (Å²) in [6.07, 6.45) is -5.45. The van der Waals surface area contributed by atoms with Crippen LogP contribution in [0.2, 0.25) is 5.15 Å². The van der Waals surface area contributed by atoms with Gasteiger partial charge in [0.05, 0.1) is 6.10 Å². The molecule has 32 heavy (non-hydrogen) atoms. The molecule has 2 heterocycles. The summed E-state index contributed by atoms with van der Waals surface area (Å²) < 4.78 is 43.3. The first-order chi connectivity index (χ1) is 15.0. The van der Waals surface area contributed by atoms with Crippen molar-refractivity contribution in [3.8, 4) is 17.0 Å². The van der Waals surface area contributed by atoms with E-state index < -0.39 is 30.7 Å². The number of hydrogen-bond donors (Lipinski definition) is 2. The number of rotatable bonds is 6. The zero-order valence-corrected chi connectivity index (χ0v) is 18.5. The van der Waals surface area contributed by atoms with Gasteiger partial charge in [-0.15, -0.1) is 0 Å². The fourth-order valence-corrected chi connectivity index (χ4v) is 3.83. The maximum Gasteiger partial charge on any atom is 0.389 e. The summed E-state index contributed by atoms with van der Waals surface area (Å²) in [5, 5.41) is 12.4. The summed E-state index contributed by atoms with van der Waals surface area (Å²) in [5.74, 6) is -0.316. The summed E-state index contributed by atoms with van der Waals surface area (Å²) in [6.45, 7) is 3.91. The number of nitrogens with zero attached hydrogens (tertiary/aromatic N) is 2. The van der Waals surface area contributed by atoms with Crippen molar-refractivity contribution < 1.29 is 27.8 Å². The second-order valence-corrected chi connectivity index (χ2v) is 8.44. The molecule has 0 bridgehead atoms. The fraction of sp³-hybridized carbons (Fsp3) is 0.455. The first kappa shape index (κ1) is 24.1. The van der Waals surface area contributed by atoms with Crippen molar-refractivity contribution >= 4 is 23.3 Å². The number of anilines is 1. The summed E-state index contributed by atoms with van der Waals surface area (Å²) >= 11 is 6.13. The number of halogens is 4. The smallest absolute Gasteiger partial charge is 0.389 e. The molecular weight excluding hydrogens is 447 g/mol. The van der Waals surface area contributed by atoms with Crippen molar-refractivity contribution in [1.82, 2.24) is 9.88 Å². The highest BCUT2D eigenvalue weighted by Crippen LogP contribution is 2.32. The lowest BCUT2D eigenvalue weighted by Gasteiger charge is -2.19. The molecule has 1 aromatic carbocycles. The molecule has 1 aliphatic rings. The molecule has 2 N–H and O–H groups in total. The highest BCUT2D eigenvalue weighted by atomic mass is 35.5. The van der Waals surface area contributed by atoms with Gasteiger partial charge in [0, 0.05) is 31.3 Å². The number of urea groups is 1. The van der Waals surface area contributed by atoms with Crippen molar-refractivity contribution in [2.45, 2.75) is 39.0 Å². The van der Waals surface area contributed by atoms with Gasteiger partial charge >= 0.3 is 12.2 Å². The molecule has 2 aromatic rings. The van der Waals surface area contributed by atoms with E-state index in [-0.39, 0.29) is 30.7 Å². The van der Waals surface area contributed by atoms with E-state index in [0.717, 1.165) is 11.1 Å². The highest BCUT2D eigenvalue weighted by Gasteiger charge is 2.36. The number of ether oxygens (including phenoxy) is 1. The van der Waals surface area contributed by atoms with Crippen LogP contribution >= 0.6 is 11.6 Å². The van der Waals surface area contributed by atoms with Crippen molar-refractivity contribution in [1.29, 1.82) is 0 Å². The Morgan fingerprint density at radius 1 is 1.38 bits per heavy atom. The monoisotopic (exact) mass is 471 g/mol. The maximum absolute atomic E-state index is 12.6. The summed E-state index contributed by atoms with van der Waals surface area (Å²) in [5.41, 5.74) is 2.92. The van der Waals surface area contributed by atoms with E-state index in [1.54, 1.807) is 31.2 Å². The van der Waals surface area contributed by atoms with Crippen molar-refractivity contribution in [2.75, 3.05) is 25.0 Å². The third-order valence-electron chi connectivity index (χ3n) is 5.14. The molecule has 2 atom stereocenters. The average molecular weight is 472 g/mol. The van der Waals surface area contributed by atoms with Crippen LogP contribution in [0.15, 0.2) is 30.3 Å². The molecule has 10 heteroatoms. The molecule has 0 unspecified atom stereocenters. The standard InChI is InChI=1S/C22H25ClF3N3O3/c1-13-3-4-17(27-21(31)29-6-5-15(11-29)10-22(24,25)26)9-18(13)16-7-19(23)28-20(8-16)32-12-14(2)30/h3-4,7-9,14-15,30H,5-6,10-12H2,1-2H3,(H,27,31)/t14-,15+/m1/s1. The number of aliphatic hydroxyl groups is 1. The molecule has 2 amide bonds. The molecule has 1 aliphatic heterocycles. The summed E-state index contributed by atoms with van der Waals surface area (Å²) in [7, 11) is 0. The van der Waals surface area contributed by atoms with Gasteiger partial charge in [0.1, 0.15) is 11.8 Å². The number of aliphatic hydroxyl groups excluding tert-OH is 1. The minimum Gasteiger partial charge on any atom is -0.475 e. The Labute approximate surface area is 189 Å². The molecule has 1 saturated heterocycles. The lowest BCUT2D eigenvalue weighted by Crippen LogP contribution is -2.33. The number of nitrogens with one attached hydrogen (secondary N) is 1. The third-order valence-corrected chi connectivity index (χ3v) is 5.33. The highest BCUT2D eigenvalue weighted by molar-refractivity contribution is 6.29. The van der Waals surface area contributed by atoms with Crippen LogP contribution < -0.4 is 10.1 Å². The van der Waals surface area contributed by atoms with Gasteiger partial charge in [-0.3, -0.25) is 0 Å². The molecule has 6 nitrogen and oxygen atoms in total. The van der Waals surface area contributed by atoms with Crippen molar-refractivity contribution in [2.24, 2.45) is 5.92 Å². The number of carbonyl (C=O) groups excluding carboxylic acids is 1. The van der Waals surface area contributed by atoms with Gasteiger partial charge in [0.25, 0.3) is 0 Å². The number of aromatic nitrogens is 1. The quantitative estimate of drug-likeness (QED) is 0.562. The maximum atomic E-state index is 12.6.